The van der Waals surface area contributed by atoms with Crippen LogP contribution in [0.15, 0.2) is 46.2 Å². The summed E-state index contributed by atoms with van der Waals surface area (Å²) in [7, 11) is 0. The molecule has 7 heteroatoms. The van der Waals surface area contributed by atoms with Crippen LogP contribution < -0.4 is 0 Å². The van der Waals surface area contributed by atoms with Gasteiger partial charge in [-0.15, -0.1) is 11.8 Å². The van der Waals surface area contributed by atoms with Gasteiger partial charge >= 0.3 is 0 Å². The first kappa shape index (κ1) is 16.6. The van der Waals surface area contributed by atoms with Crippen molar-refractivity contribution in [3.63, 3.8) is 0 Å². The molecule has 3 rings (SSSR count). The molecule has 0 radical (unpaired) electrons. The van der Waals surface area contributed by atoms with Crippen LogP contribution in [0.2, 0.25) is 0 Å². The van der Waals surface area contributed by atoms with Crippen LogP contribution in [0, 0.1) is 0 Å². The summed E-state index contributed by atoms with van der Waals surface area (Å²) in [6, 6.07) is 7.04. The third-order valence-corrected chi connectivity index (χ3v) is 4.69. The van der Waals surface area contributed by atoms with Crippen LogP contribution in [0.3, 0.4) is 0 Å². The normalized spacial score (nSPS) is 14.7. The molecule has 1 fully saturated rings. The fraction of sp³-hybridized carbons (Fsp3) is 0.353. The number of thioether (sulfide) groups is 1. The summed E-state index contributed by atoms with van der Waals surface area (Å²) in [5, 5.41) is 0.919. The predicted molar refractivity (Wildman–Crippen MR) is 91.2 cm³/mol. The highest BCUT2D eigenvalue weighted by Gasteiger charge is 2.26. The summed E-state index contributed by atoms with van der Waals surface area (Å²) in [5.74, 6) is 1.12. The van der Waals surface area contributed by atoms with Crippen LogP contribution in [0.5, 0.6) is 0 Å². The fourth-order valence-corrected chi connectivity index (χ4v) is 3.18. The van der Waals surface area contributed by atoms with Crippen molar-refractivity contribution >= 4 is 23.6 Å². The molecule has 0 saturated carbocycles. The molecule has 0 aliphatic carbocycles. The van der Waals surface area contributed by atoms with Gasteiger partial charge < -0.3 is 14.2 Å². The zero-order valence-corrected chi connectivity index (χ0v) is 14.3. The maximum absolute atomic E-state index is 12.5. The monoisotopic (exact) mass is 345 g/mol. The number of nitrogens with zero attached hydrogens (tertiary/aromatic N) is 3. The lowest BCUT2D eigenvalue weighted by Gasteiger charge is -2.34. The van der Waals surface area contributed by atoms with Gasteiger partial charge in [-0.3, -0.25) is 9.59 Å². The van der Waals surface area contributed by atoms with Gasteiger partial charge in [-0.25, -0.2) is 4.98 Å². The minimum atomic E-state index is -0.130. The first-order valence-electron chi connectivity index (χ1n) is 7.90. The molecule has 0 N–H and O–H groups in total. The SMILES string of the molecule is CCSc1ccc(C(=O)N2CCN(C(=O)c3ccco3)CC2)cn1. The summed E-state index contributed by atoms with van der Waals surface area (Å²) < 4.78 is 5.14. The van der Waals surface area contributed by atoms with Crippen LogP contribution in [0.4, 0.5) is 0 Å². The molecular weight excluding hydrogens is 326 g/mol. The predicted octanol–water partition coefficient (Wildman–Crippen LogP) is 2.38. The van der Waals surface area contributed by atoms with Gasteiger partial charge in [0.1, 0.15) is 0 Å². The zero-order chi connectivity index (χ0) is 16.9. The number of carbonyl (C=O) groups is 2. The van der Waals surface area contributed by atoms with Gasteiger partial charge in [0.2, 0.25) is 0 Å². The maximum Gasteiger partial charge on any atom is 0.289 e. The van der Waals surface area contributed by atoms with Crippen LogP contribution in [-0.2, 0) is 0 Å². The quantitative estimate of drug-likeness (QED) is 0.796. The number of rotatable bonds is 4. The summed E-state index contributed by atoms with van der Waals surface area (Å²) in [6.45, 7) is 4.09. The third kappa shape index (κ3) is 3.62. The molecule has 2 amide bonds. The Balaban J connectivity index is 1.57. The van der Waals surface area contributed by atoms with Crippen molar-refractivity contribution in [1.82, 2.24) is 14.8 Å². The first-order valence-corrected chi connectivity index (χ1v) is 8.88. The minimum Gasteiger partial charge on any atom is -0.459 e. The lowest BCUT2D eigenvalue weighted by Crippen LogP contribution is -2.50. The van der Waals surface area contributed by atoms with Gasteiger partial charge in [0.15, 0.2) is 5.76 Å². The zero-order valence-electron chi connectivity index (χ0n) is 13.5. The minimum absolute atomic E-state index is 0.0411. The van der Waals surface area contributed by atoms with E-state index in [1.165, 1.54) is 6.26 Å². The standard InChI is InChI=1S/C17H19N3O3S/c1-2-24-15-6-5-13(12-18-15)16(21)19-7-9-20(10-8-19)17(22)14-4-3-11-23-14/h3-6,11-12H,2,7-10H2,1H3. The molecule has 1 saturated heterocycles. The summed E-state index contributed by atoms with van der Waals surface area (Å²) >= 11 is 1.64. The van der Waals surface area contributed by atoms with Gasteiger partial charge in [-0.2, -0.15) is 0 Å². The number of piperazine rings is 1. The van der Waals surface area contributed by atoms with Crippen molar-refractivity contribution in [2.24, 2.45) is 0 Å². The lowest BCUT2D eigenvalue weighted by atomic mass is 10.2. The molecule has 2 aromatic heterocycles. The van der Waals surface area contributed by atoms with Crippen molar-refractivity contribution in [3.8, 4) is 0 Å². The van der Waals surface area contributed by atoms with Gasteiger partial charge in [0, 0.05) is 32.4 Å². The van der Waals surface area contributed by atoms with Gasteiger partial charge in [0.05, 0.1) is 16.9 Å². The Hall–Kier alpha value is -2.28. The van der Waals surface area contributed by atoms with Crippen molar-refractivity contribution in [3.05, 3.63) is 48.0 Å². The Morgan fingerprint density at radius 3 is 2.38 bits per heavy atom. The van der Waals surface area contributed by atoms with E-state index in [2.05, 4.69) is 11.9 Å². The lowest BCUT2D eigenvalue weighted by molar-refractivity contribution is 0.0518. The summed E-state index contributed by atoms with van der Waals surface area (Å²) in [4.78, 5) is 32.5. The Morgan fingerprint density at radius 2 is 1.83 bits per heavy atom. The average molecular weight is 345 g/mol. The van der Waals surface area contributed by atoms with Crippen molar-refractivity contribution in [1.29, 1.82) is 0 Å². The van der Waals surface area contributed by atoms with Crippen molar-refractivity contribution in [2.45, 2.75) is 11.9 Å². The third-order valence-electron chi connectivity index (χ3n) is 3.86. The number of aromatic nitrogens is 1. The van der Waals surface area contributed by atoms with E-state index in [-0.39, 0.29) is 11.8 Å². The van der Waals surface area contributed by atoms with Crippen LogP contribution in [0.25, 0.3) is 0 Å². The van der Waals surface area contributed by atoms with E-state index < -0.39 is 0 Å². The van der Waals surface area contributed by atoms with E-state index in [0.717, 1.165) is 10.8 Å². The molecule has 1 aliphatic heterocycles. The van der Waals surface area contributed by atoms with Gasteiger partial charge in [-0.1, -0.05) is 6.92 Å². The van der Waals surface area contributed by atoms with Crippen molar-refractivity contribution < 1.29 is 14.0 Å². The van der Waals surface area contributed by atoms with E-state index >= 15 is 0 Å². The van der Waals surface area contributed by atoms with Crippen molar-refractivity contribution in [2.75, 3.05) is 31.9 Å². The maximum atomic E-state index is 12.5. The smallest absolute Gasteiger partial charge is 0.289 e. The van der Waals surface area contributed by atoms with Crippen LogP contribution in [0.1, 0.15) is 27.8 Å². The number of amides is 2. The fourth-order valence-electron chi connectivity index (χ4n) is 2.59. The first-order chi connectivity index (χ1) is 11.7. The second-order valence-corrected chi connectivity index (χ2v) is 6.66. The molecule has 1 aliphatic rings. The van der Waals surface area contributed by atoms with Crippen LogP contribution >= 0.6 is 11.8 Å². The Morgan fingerprint density at radius 1 is 1.12 bits per heavy atom. The number of pyridine rings is 1. The topological polar surface area (TPSA) is 66.7 Å². The number of furan rings is 1. The molecule has 24 heavy (non-hydrogen) atoms. The molecule has 6 nitrogen and oxygen atoms in total. The molecule has 0 spiro atoms. The Kier molecular flexibility index (Phi) is 5.20. The molecule has 126 valence electrons. The molecular formula is C17H19N3O3S. The second kappa shape index (κ2) is 7.53. The molecule has 2 aromatic rings. The highest BCUT2D eigenvalue weighted by molar-refractivity contribution is 7.99. The van der Waals surface area contributed by atoms with Gasteiger partial charge in [-0.05, 0) is 30.0 Å². The van der Waals surface area contributed by atoms with Gasteiger partial charge in [0.25, 0.3) is 11.8 Å². The van der Waals surface area contributed by atoms with E-state index in [1.54, 1.807) is 39.9 Å². The van der Waals surface area contributed by atoms with E-state index in [0.29, 0.717) is 37.5 Å². The molecule has 0 aromatic carbocycles. The largest absolute Gasteiger partial charge is 0.459 e. The molecule has 3 heterocycles. The molecule has 0 bridgehead atoms. The number of hydrogen-bond acceptors (Lipinski definition) is 5. The Bertz CT molecular complexity index is 692. The average Bonchev–Trinajstić information content (AvgIpc) is 3.16. The molecule has 0 unspecified atom stereocenters. The van der Waals surface area contributed by atoms with E-state index in [4.69, 9.17) is 4.42 Å². The molecule has 0 atom stereocenters. The number of hydrogen-bond donors (Lipinski definition) is 0. The highest BCUT2D eigenvalue weighted by atomic mass is 32.2. The van der Waals surface area contributed by atoms with E-state index in [1.807, 2.05) is 12.1 Å². The summed E-state index contributed by atoms with van der Waals surface area (Å²) in [6.07, 6.45) is 3.11. The summed E-state index contributed by atoms with van der Waals surface area (Å²) in [5.41, 5.74) is 0.585. The van der Waals surface area contributed by atoms with Crippen LogP contribution in [-0.4, -0.2) is 58.5 Å². The Labute approximate surface area is 144 Å². The number of carbonyl (C=O) groups excluding carboxylic acids is 2. The second-order valence-electron chi connectivity index (χ2n) is 5.38. The highest BCUT2D eigenvalue weighted by Crippen LogP contribution is 2.16. The van der Waals surface area contributed by atoms with E-state index in [9.17, 15) is 9.59 Å².